The van der Waals surface area contributed by atoms with Gasteiger partial charge in [-0.25, -0.2) is 9.48 Å². The van der Waals surface area contributed by atoms with Gasteiger partial charge in [0.05, 0.1) is 7.11 Å². The zero-order valence-corrected chi connectivity index (χ0v) is 12.5. The second kappa shape index (κ2) is 6.25. The third kappa shape index (κ3) is 2.90. The Morgan fingerprint density at radius 1 is 1.36 bits per heavy atom. The van der Waals surface area contributed by atoms with Gasteiger partial charge in [0.15, 0.2) is 5.82 Å². The van der Waals surface area contributed by atoms with Crippen molar-refractivity contribution >= 4 is 23.4 Å². The molecule has 0 fully saturated rings. The zero-order valence-electron chi connectivity index (χ0n) is 12.5. The number of nitrogens with one attached hydrogen (secondary N) is 1. The highest BCUT2D eigenvalue weighted by atomic mass is 16.5. The number of anilines is 2. The van der Waals surface area contributed by atoms with Crippen LogP contribution in [0, 0.1) is 6.92 Å². The van der Waals surface area contributed by atoms with Crippen molar-refractivity contribution in [1.82, 2.24) is 15.0 Å². The fourth-order valence-electron chi connectivity index (χ4n) is 1.89. The molecule has 1 unspecified atom stereocenters. The Labute approximate surface area is 127 Å². The Bertz CT molecular complexity index is 710. The first-order chi connectivity index (χ1) is 10.5. The quantitative estimate of drug-likeness (QED) is 0.819. The minimum atomic E-state index is -0.731. The van der Waals surface area contributed by atoms with Crippen LogP contribution in [0.2, 0.25) is 0 Å². The highest BCUT2D eigenvalue weighted by Gasteiger charge is 2.24. The lowest BCUT2D eigenvalue weighted by Gasteiger charge is -2.14. The monoisotopic (exact) mass is 303 g/mol. The Hall–Kier alpha value is -2.90. The number of carbonyl (C=O) groups excluding carboxylic acids is 2. The number of benzene rings is 1. The Balaban J connectivity index is 2.20. The Kier molecular flexibility index (Phi) is 4.40. The first kappa shape index (κ1) is 15.5. The van der Waals surface area contributed by atoms with Crippen LogP contribution in [0.1, 0.15) is 29.0 Å². The molecule has 0 spiro atoms. The highest BCUT2D eigenvalue weighted by molar-refractivity contribution is 5.95. The summed E-state index contributed by atoms with van der Waals surface area (Å²) in [7, 11) is 1.22. The van der Waals surface area contributed by atoms with Gasteiger partial charge in [0, 0.05) is 5.69 Å². The summed E-state index contributed by atoms with van der Waals surface area (Å²) in [5, 5.41) is 10.2. The molecule has 1 aromatic heterocycles. The molecule has 0 radical (unpaired) electrons. The number of hydrogen-bond donors (Lipinski definition) is 2. The van der Waals surface area contributed by atoms with E-state index in [1.165, 1.54) is 11.8 Å². The van der Waals surface area contributed by atoms with Gasteiger partial charge in [0.25, 0.3) is 0 Å². The molecule has 3 N–H and O–H groups in total. The molecule has 0 aliphatic carbocycles. The van der Waals surface area contributed by atoms with Crippen molar-refractivity contribution < 1.29 is 14.3 Å². The number of nitrogens with two attached hydrogens (primary N) is 1. The predicted molar refractivity (Wildman–Crippen MR) is 80.3 cm³/mol. The lowest BCUT2D eigenvalue weighted by molar-refractivity contribution is -0.119. The van der Waals surface area contributed by atoms with Crippen LogP contribution in [-0.2, 0) is 9.53 Å². The van der Waals surface area contributed by atoms with Crippen LogP contribution in [0.25, 0.3) is 0 Å². The van der Waals surface area contributed by atoms with Crippen LogP contribution < -0.4 is 11.1 Å². The number of hydrogen-bond acceptors (Lipinski definition) is 6. The Morgan fingerprint density at radius 2 is 2.05 bits per heavy atom. The molecule has 0 saturated heterocycles. The molecule has 1 heterocycles. The predicted octanol–water partition coefficient (Wildman–Crippen LogP) is 1.16. The van der Waals surface area contributed by atoms with Gasteiger partial charge in [-0.3, -0.25) is 4.79 Å². The Morgan fingerprint density at radius 3 is 2.68 bits per heavy atom. The number of para-hydroxylation sites is 1. The van der Waals surface area contributed by atoms with Crippen molar-refractivity contribution in [2.75, 3.05) is 18.2 Å². The molecule has 22 heavy (non-hydrogen) atoms. The number of nitrogens with zero attached hydrogens (tertiary/aromatic N) is 3. The van der Waals surface area contributed by atoms with Gasteiger partial charge in [0.1, 0.15) is 6.04 Å². The van der Waals surface area contributed by atoms with E-state index in [2.05, 4.69) is 20.4 Å². The molecule has 2 rings (SSSR count). The number of ether oxygens (including phenoxy) is 1. The fourth-order valence-corrected chi connectivity index (χ4v) is 1.89. The number of amides is 1. The van der Waals surface area contributed by atoms with E-state index in [9.17, 15) is 9.59 Å². The summed E-state index contributed by atoms with van der Waals surface area (Å²) in [6.45, 7) is 3.50. The first-order valence-corrected chi connectivity index (χ1v) is 6.61. The molecule has 0 aliphatic rings. The minimum absolute atomic E-state index is 0.0146. The molecule has 0 bridgehead atoms. The summed E-state index contributed by atoms with van der Waals surface area (Å²) in [6, 6.07) is 6.66. The van der Waals surface area contributed by atoms with Crippen molar-refractivity contribution in [3.63, 3.8) is 0 Å². The molecular formula is C14H17N5O3. The molecule has 2 aromatic rings. The van der Waals surface area contributed by atoms with Crippen molar-refractivity contribution in [1.29, 1.82) is 0 Å². The molecule has 0 aliphatic heterocycles. The normalized spacial score (nSPS) is 11.8. The molecular weight excluding hydrogens is 286 g/mol. The van der Waals surface area contributed by atoms with Gasteiger partial charge in [-0.1, -0.05) is 23.4 Å². The summed E-state index contributed by atoms with van der Waals surface area (Å²) in [4.78, 5) is 23.8. The van der Waals surface area contributed by atoms with Crippen LogP contribution in [0.5, 0.6) is 0 Å². The summed E-state index contributed by atoms with van der Waals surface area (Å²) in [6.07, 6.45) is 0. The minimum Gasteiger partial charge on any atom is -0.464 e. The number of carbonyl (C=O) groups is 2. The second-order valence-corrected chi connectivity index (χ2v) is 4.74. The number of aromatic nitrogens is 3. The van der Waals surface area contributed by atoms with E-state index >= 15 is 0 Å². The van der Waals surface area contributed by atoms with Gasteiger partial charge >= 0.3 is 5.97 Å². The van der Waals surface area contributed by atoms with E-state index < -0.39 is 12.0 Å². The molecule has 0 saturated carbocycles. The van der Waals surface area contributed by atoms with Gasteiger partial charge in [-0.15, -0.1) is 5.10 Å². The number of esters is 1. The third-order valence-corrected chi connectivity index (χ3v) is 3.26. The lowest BCUT2D eigenvalue weighted by Crippen LogP contribution is -2.26. The largest absolute Gasteiger partial charge is 0.464 e. The van der Waals surface area contributed by atoms with E-state index in [0.717, 1.165) is 5.56 Å². The average Bonchev–Trinajstić information content (AvgIpc) is 2.89. The van der Waals surface area contributed by atoms with Gasteiger partial charge < -0.3 is 15.8 Å². The van der Waals surface area contributed by atoms with Crippen molar-refractivity contribution in [3.05, 3.63) is 35.5 Å². The third-order valence-electron chi connectivity index (χ3n) is 3.26. The molecule has 8 heteroatoms. The standard InChI is InChI=1S/C14H17N5O3/c1-8-6-4-5-7-10(8)16-13(20)9(2)19-12(15)11(17-18-19)14(21)22-3/h4-7,9H,15H2,1-3H3,(H,16,20). The highest BCUT2D eigenvalue weighted by Crippen LogP contribution is 2.19. The molecule has 1 aromatic carbocycles. The van der Waals surface area contributed by atoms with Crippen LogP contribution in [0.3, 0.4) is 0 Å². The maximum absolute atomic E-state index is 12.3. The number of rotatable bonds is 4. The number of nitrogen functional groups attached to an aromatic ring is 1. The maximum Gasteiger partial charge on any atom is 0.362 e. The van der Waals surface area contributed by atoms with Crippen LogP contribution in [-0.4, -0.2) is 34.0 Å². The number of methoxy groups -OCH3 is 1. The second-order valence-electron chi connectivity index (χ2n) is 4.74. The first-order valence-electron chi connectivity index (χ1n) is 6.61. The van der Waals surface area contributed by atoms with Gasteiger partial charge in [-0.05, 0) is 25.5 Å². The van der Waals surface area contributed by atoms with E-state index in [4.69, 9.17) is 5.73 Å². The maximum atomic E-state index is 12.3. The fraction of sp³-hybridized carbons (Fsp3) is 0.286. The summed E-state index contributed by atoms with van der Waals surface area (Å²) < 4.78 is 5.73. The summed E-state index contributed by atoms with van der Waals surface area (Å²) in [5.74, 6) is -1.03. The molecule has 8 nitrogen and oxygen atoms in total. The molecule has 1 amide bonds. The average molecular weight is 303 g/mol. The van der Waals surface area contributed by atoms with E-state index in [1.54, 1.807) is 13.0 Å². The van der Waals surface area contributed by atoms with Crippen LogP contribution in [0.15, 0.2) is 24.3 Å². The lowest BCUT2D eigenvalue weighted by atomic mass is 10.2. The topological polar surface area (TPSA) is 112 Å². The molecule has 116 valence electrons. The molecule has 1 atom stereocenters. The SMILES string of the molecule is COC(=O)c1nnn(C(C)C(=O)Nc2ccccc2C)c1N. The van der Waals surface area contributed by atoms with Crippen molar-refractivity contribution in [3.8, 4) is 0 Å². The van der Waals surface area contributed by atoms with E-state index in [0.29, 0.717) is 5.69 Å². The number of aryl methyl sites for hydroxylation is 1. The van der Waals surface area contributed by atoms with Crippen molar-refractivity contribution in [2.45, 2.75) is 19.9 Å². The van der Waals surface area contributed by atoms with Crippen LogP contribution >= 0.6 is 0 Å². The zero-order chi connectivity index (χ0) is 16.3. The van der Waals surface area contributed by atoms with Gasteiger partial charge in [0.2, 0.25) is 11.6 Å². The van der Waals surface area contributed by atoms with E-state index in [1.807, 2.05) is 25.1 Å². The van der Waals surface area contributed by atoms with Crippen LogP contribution in [0.4, 0.5) is 11.5 Å². The summed E-state index contributed by atoms with van der Waals surface area (Å²) >= 11 is 0. The summed E-state index contributed by atoms with van der Waals surface area (Å²) in [5.41, 5.74) is 7.32. The van der Waals surface area contributed by atoms with Gasteiger partial charge in [-0.2, -0.15) is 0 Å². The van der Waals surface area contributed by atoms with E-state index in [-0.39, 0.29) is 17.4 Å². The van der Waals surface area contributed by atoms with Crippen molar-refractivity contribution in [2.24, 2.45) is 0 Å². The smallest absolute Gasteiger partial charge is 0.362 e.